The van der Waals surface area contributed by atoms with Crippen LogP contribution in [0.2, 0.25) is 0 Å². The predicted molar refractivity (Wildman–Crippen MR) is 304 cm³/mol. The third-order valence-corrected chi connectivity index (χ3v) is 19.2. The number of nitro benzene ring substituents is 2. The molecular weight excluding hydrogens is 1140 g/mol. The van der Waals surface area contributed by atoms with Gasteiger partial charge in [0.25, 0.3) is 11.4 Å². The number of aliphatic hydroxyl groups is 1. The summed E-state index contributed by atoms with van der Waals surface area (Å²) < 4.78 is 58.6. The fraction of sp³-hybridized carbons (Fsp3) is 0.393. The maximum absolute atomic E-state index is 16.6. The number of hydrogen-bond acceptors (Lipinski definition) is 22. The van der Waals surface area contributed by atoms with E-state index >= 15 is 9.59 Å². The third-order valence-electron chi connectivity index (χ3n) is 17.1. The van der Waals surface area contributed by atoms with Gasteiger partial charge in [0.2, 0.25) is 0 Å². The highest BCUT2D eigenvalue weighted by Crippen LogP contribution is 2.66. The zero-order chi connectivity index (χ0) is 60.9. The zero-order valence-corrected chi connectivity index (χ0v) is 49.0. The first-order valence-electron chi connectivity index (χ1n) is 27.1. The molecule has 0 radical (unpaired) electrons. The lowest BCUT2D eigenvalue weighted by atomic mass is 9.44. The van der Waals surface area contributed by atoms with Crippen molar-refractivity contribution in [2.45, 2.75) is 124 Å². The fourth-order valence-electron chi connectivity index (χ4n) is 13.0. The summed E-state index contributed by atoms with van der Waals surface area (Å²) in [4.78, 5) is 98.5. The number of Topliss-reactive ketones (excluding diaryl/α,β-unsaturated/α-hetero) is 1. The minimum Gasteiger partial charge on any atom is -0.497 e. The van der Waals surface area contributed by atoms with Crippen LogP contribution in [-0.2, 0) is 51.8 Å². The van der Waals surface area contributed by atoms with Gasteiger partial charge >= 0.3 is 23.9 Å². The van der Waals surface area contributed by atoms with Crippen molar-refractivity contribution in [2.24, 2.45) is 16.7 Å². The van der Waals surface area contributed by atoms with Gasteiger partial charge in [-0.25, -0.2) is 13.9 Å². The van der Waals surface area contributed by atoms with Gasteiger partial charge in [-0.2, -0.15) is 0 Å². The molecule has 2 aliphatic heterocycles. The number of rotatable bonds is 17. The van der Waals surface area contributed by atoms with Crippen molar-refractivity contribution in [1.82, 2.24) is 4.31 Å². The van der Waals surface area contributed by atoms with E-state index in [2.05, 4.69) is 0 Å². The standard InChI is InChI=1S/C61H61N3O19S2/c1-33-43(79-57(69)51-49(36-19-11-9-12-20-36)62(84-44-25-17-15-23-40(44)63(71)72)55(80-51)39-28-27-38(75-7)29-42(39)76-8)31-61(70)54(81-56(68)37-21-13-10-14-22-37)52-59(6,53(67)50(78-34(2)65)48(33)58(61,4)5)46(30-47-60(52,32-77-47)82-35(3)66)83-85-45-26-18-16-24-41(45)64(73)74/h9-29,43,46-47,49-52,54-55,70H,30-32H2,1-8H3/t43-,46-,47+,49-,50+,51+,52?,54-,55?,59+,60+,61+/m0/s1. The highest BCUT2D eigenvalue weighted by Gasteiger charge is 2.79. The summed E-state index contributed by atoms with van der Waals surface area (Å²) in [7, 11) is 2.91. The summed E-state index contributed by atoms with van der Waals surface area (Å²) >= 11 is 1.56. The van der Waals surface area contributed by atoms with Crippen LogP contribution in [0.3, 0.4) is 0 Å². The van der Waals surface area contributed by atoms with Crippen LogP contribution in [0.1, 0.15) is 88.1 Å². The first-order chi connectivity index (χ1) is 40.5. The van der Waals surface area contributed by atoms with Crippen molar-refractivity contribution in [3.8, 4) is 11.5 Å². The van der Waals surface area contributed by atoms with Gasteiger partial charge in [0, 0.05) is 67.9 Å². The van der Waals surface area contributed by atoms with Gasteiger partial charge in [0.05, 0.1) is 59.7 Å². The summed E-state index contributed by atoms with van der Waals surface area (Å²) in [6, 6.07) is 32.3. The zero-order valence-electron chi connectivity index (χ0n) is 47.4. The van der Waals surface area contributed by atoms with Crippen molar-refractivity contribution in [1.29, 1.82) is 0 Å². The number of nitro groups is 2. The minimum atomic E-state index is -2.51. The van der Waals surface area contributed by atoms with Crippen LogP contribution in [0.4, 0.5) is 11.4 Å². The van der Waals surface area contributed by atoms with Crippen LogP contribution in [0.5, 0.6) is 11.5 Å². The Bertz CT molecular complexity index is 3500. The van der Waals surface area contributed by atoms with Crippen LogP contribution in [0.15, 0.2) is 148 Å². The average Bonchev–Trinajstić information content (AvgIpc) is 1.08. The summed E-state index contributed by atoms with van der Waals surface area (Å²) in [5, 5.41) is 39.3. The lowest BCUT2D eigenvalue weighted by Crippen LogP contribution is -2.82. The number of ketones is 1. The topological polar surface area (TPSA) is 278 Å². The molecule has 2 saturated carbocycles. The lowest BCUT2D eigenvalue weighted by Gasteiger charge is -2.67. The molecule has 85 heavy (non-hydrogen) atoms. The summed E-state index contributed by atoms with van der Waals surface area (Å²) in [6.07, 6.45) is -11.5. The second-order valence-corrected chi connectivity index (χ2v) is 24.0. The van der Waals surface area contributed by atoms with E-state index in [1.54, 1.807) is 110 Å². The number of para-hydroxylation sites is 2. The van der Waals surface area contributed by atoms with E-state index in [0.717, 1.165) is 25.8 Å². The summed E-state index contributed by atoms with van der Waals surface area (Å²) in [5.41, 5.74) is -7.78. The van der Waals surface area contributed by atoms with Gasteiger partial charge < -0.3 is 47.2 Å². The molecule has 5 aromatic rings. The van der Waals surface area contributed by atoms with Crippen LogP contribution in [0, 0.1) is 37.0 Å². The lowest BCUT2D eigenvalue weighted by molar-refractivity contribution is -0.388. The fourth-order valence-corrected chi connectivity index (χ4v) is 15.0. The Morgan fingerprint density at radius 3 is 2.00 bits per heavy atom. The maximum Gasteiger partial charge on any atom is 0.338 e. The normalized spacial score (nSPS) is 29.3. The Morgan fingerprint density at radius 1 is 0.776 bits per heavy atom. The Kier molecular flexibility index (Phi) is 16.8. The Balaban J connectivity index is 1.15. The summed E-state index contributed by atoms with van der Waals surface area (Å²) in [5.74, 6) is -5.56. The molecule has 3 aliphatic carbocycles. The quantitative estimate of drug-likeness (QED) is 0.0172. The largest absolute Gasteiger partial charge is 0.497 e. The predicted octanol–water partition coefficient (Wildman–Crippen LogP) is 9.62. The summed E-state index contributed by atoms with van der Waals surface area (Å²) in [6.45, 7) is 8.03. The second-order valence-electron chi connectivity index (χ2n) is 22.1. The molecule has 5 aliphatic rings. The van der Waals surface area contributed by atoms with E-state index in [-0.39, 0.29) is 56.7 Å². The Morgan fingerprint density at radius 2 is 1.40 bits per heavy atom. The molecule has 2 bridgehead atoms. The Labute approximate surface area is 497 Å². The molecule has 10 rings (SSSR count). The molecule has 12 atom stereocenters. The van der Waals surface area contributed by atoms with Crippen LogP contribution < -0.4 is 9.47 Å². The molecule has 24 heteroatoms. The number of ether oxygens (including phenoxy) is 8. The van der Waals surface area contributed by atoms with E-state index in [1.165, 1.54) is 63.6 Å². The molecule has 0 amide bonds. The van der Waals surface area contributed by atoms with Gasteiger partial charge in [0.15, 0.2) is 29.8 Å². The molecular formula is C61H61N3O19S2. The van der Waals surface area contributed by atoms with Gasteiger partial charge in [-0.05, 0) is 78.9 Å². The minimum absolute atomic E-state index is 0.0256. The number of esters is 4. The van der Waals surface area contributed by atoms with Crippen LogP contribution in [0.25, 0.3) is 0 Å². The smallest absolute Gasteiger partial charge is 0.338 e. The van der Waals surface area contributed by atoms with E-state index in [1.807, 2.05) is 0 Å². The first kappa shape index (κ1) is 60.4. The van der Waals surface area contributed by atoms with Crippen molar-refractivity contribution < 1.29 is 81.0 Å². The number of hydrogen-bond donors (Lipinski definition) is 1. The monoisotopic (exact) mass is 1200 g/mol. The molecule has 0 aromatic heterocycles. The Hall–Kier alpha value is -7.71. The van der Waals surface area contributed by atoms with Crippen molar-refractivity contribution >= 4 is 65.0 Å². The van der Waals surface area contributed by atoms with Crippen molar-refractivity contribution in [3.05, 3.63) is 175 Å². The molecule has 2 saturated heterocycles. The van der Waals surface area contributed by atoms with Crippen LogP contribution >= 0.6 is 24.0 Å². The molecule has 4 fully saturated rings. The highest BCUT2D eigenvalue weighted by molar-refractivity contribution is 7.97. The SMILES string of the molecule is COc1ccc(C2O[C@@H](C(=O)O[C@H]3C[C@@]4(O)[C@@H](OC(=O)c5ccccc5)C5[C@@]6(OC(C)=O)CO[C@@H]6C[C@H](OSc6ccccc6[N+](=O)[O-])[C@@]5(C)C(=O)[C@H](OC(C)=O)C(=C3C)C4(C)C)[C@H](c3ccccc3)N2Sc2ccccc2[N+](=O)[O-])c(OC)c1. The van der Waals surface area contributed by atoms with Crippen molar-refractivity contribution in [2.75, 3.05) is 20.8 Å². The van der Waals surface area contributed by atoms with E-state index in [9.17, 15) is 39.7 Å². The van der Waals surface area contributed by atoms with Crippen molar-refractivity contribution in [3.63, 3.8) is 0 Å². The molecule has 0 spiro atoms. The third kappa shape index (κ3) is 10.6. The first-order valence-corrected chi connectivity index (χ1v) is 28.6. The molecule has 1 N–H and O–H groups in total. The van der Waals surface area contributed by atoms with Gasteiger partial charge in [-0.1, -0.05) is 86.6 Å². The number of nitrogens with zero attached hydrogens (tertiary/aromatic N) is 3. The number of methoxy groups -OCH3 is 2. The van der Waals surface area contributed by atoms with E-state index in [4.69, 9.17) is 42.1 Å². The number of carbonyl (C=O) groups is 5. The molecule has 2 unspecified atom stereocenters. The maximum atomic E-state index is 16.6. The number of benzene rings is 5. The van der Waals surface area contributed by atoms with E-state index < -0.39 is 123 Å². The molecule has 5 aromatic carbocycles. The average molecular weight is 1200 g/mol. The van der Waals surface area contributed by atoms with Gasteiger partial charge in [-0.3, -0.25) is 34.6 Å². The molecule has 446 valence electrons. The van der Waals surface area contributed by atoms with Gasteiger partial charge in [-0.15, -0.1) is 0 Å². The number of carbonyl (C=O) groups excluding carboxylic acids is 5. The second kappa shape index (κ2) is 23.6. The highest BCUT2D eigenvalue weighted by atomic mass is 32.2. The van der Waals surface area contributed by atoms with Gasteiger partial charge in [0.1, 0.15) is 45.2 Å². The van der Waals surface area contributed by atoms with Crippen LogP contribution in [-0.4, -0.2) is 118 Å². The van der Waals surface area contributed by atoms with E-state index in [0.29, 0.717) is 28.9 Å². The molecule has 2 heterocycles. The number of fused-ring (bicyclic) bond motifs is 5. The molecule has 22 nitrogen and oxygen atoms in total.